The lowest BCUT2D eigenvalue weighted by Gasteiger charge is -2.39. The Balaban J connectivity index is 1.31. The van der Waals surface area contributed by atoms with Gasteiger partial charge >= 0.3 is 11.9 Å². The van der Waals surface area contributed by atoms with Crippen LogP contribution in [0.3, 0.4) is 0 Å². The number of esters is 2. The van der Waals surface area contributed by atoms with Gasteiger partial charge in [-0.05, 0) is 48.9 Å². The molecule has 0 bridgehead atoms. The van der Waals surface area contributed by atoms with E-state index in [9.17, 15) is 23.4 Å². The van der Waals surface area contributed by atoms with Crippen molar-refractivity contribution in [3.8, 4) is 0 Å². The van der Waals surface area contributed by atoms with Crippen LogP contribution in [0.15, 0.2) is 76.0 Å². The van der Waals surface area contributed by atoms with Crippen molar-refractivity contribution in [1.82, 2.24) is 15.1 Å². The number of rotatable bonds is 9. The van der Waals surface area contributed by atoms with E-state index in [0.717, 1.165) is 12.8 Å². The molecule has 1 saturated heterocycles. The van der Waals surface area contributed by atoms with Crippen molar-refractivity contribution < 1.29 is 32.9 Å². The molecule has 49 heavy (non-hydrogen) atoms. The Morgan fingerprint density at radius 2 is 1.41 bits per heavy atom. The number of carbonyl (C=O) groups excluding carboxylic acids is 4. The van der Waals surface area contributed by atoms with Gasteiger partial charge in [0, 0.05) is 77.0 Å². The highest BCUT2D eigenvalue weighted by Crippen LogP contribution is 2.46. The number of fused-ring (bicyclic) bond motifs is 1. The van der Waals surface area contributed by atoms with E-state index >= 15 is 0 Å². The minimum absolute atomic E-state index is 0.00461. The first-order chi connectivity index (χ1) is 23.6. The van der Waals surface area contributed by atoms with Crippen LogP contribution in [0.25, 0.3) is 0 Å². The van der Waals surface area contributed by atoms with Gasteiger partial charge in [0.15, 0.2) is 0 Å². The van der Waals surface area contributed by atoms with Gasteiger partial charge in [-0.3, -0.25) is 18.7 Å². The van der Waals surface area contributed by atoms with Crippen LogP contribution in [0.5, 0.6) is 0 Å². The fourth-order valence-corrected chi connectivity index (χ4v) is 9.61. The lowest BCUT2D eigenvalue weighted by atomic mass is 9.79. The molecule has 2 aliphatic carbocycles. The molecule has 1 N–H and O–H groups in total. The maximum absolute atomic E-state index is 14.0. The van der Waals surface area contributed by atoms with Gasteiger partial charge in [0.25, 0.3) is 0 Å². The molecule has 4 aliphatic rings. The van der Waals surface area contributed by atoms with Crippen LogP contribution in [0, 0.1) is 11.8 Å². The standard InChI is InChI=1S/C36H39Cl2N3O7S/c1-47-35(44)32-28(19-30(43)41-13-11-40(12-14-41)23-15-21-17-24(42)18-22(21)16-23)39-29(20-49(46)25-7-4-3-5-8-25)33(36(45)48-2)34(32)31-26(37)9-6-10-27(31)38/h3-10,21-23,34,39H,11-20H2,1-2H3. The van der Waals surface area contributed by atoms with Gasteiger partial charge in [0.1, 0.15) is 5.78 Å². The van der Waals surface area contributed by atoms with Crippen LogP contribution in [0.1, 0.15) is 43.6 Å². The number of halogens is 2. The monoisotopic (exact) mass is 727 g/mol. The van der Waals surface area contributed by atoms with Crippen LogP contribution in [-0.2, 0) is 39.5 Å². The summed E-state index contributed by atoms with van der Waals surface area (Å²) in [6.45, 7) is 2.45. The molecule has 2 saturated carbocycles. The summed E-state index contributed by atoms with van der Waals surface area (Å²) in [6.07, 6.45) is 3.22. The number of carbonyl (C=O) groups is 4. The van der Waals surface area contributed by atoms with E-state index in [0.29, 0.717) is 67.6 Å². The van der Waals surface area contributed by atoms with Crippen LogP contribution in [0.4, 0.5) is 0 Å². The van der Waals surface area contributed by atoms with Crippen molar-refractivity contribution in [3.05, 3.63) is 86.7 Å². The van der Waals surface area contributed by atoms with E-state index < -0.39 is 28.7 Å². The quantitative estimate of drug-likeness (QED) is 0.369. The first-order valence-electron chi connectivity index (χ1n) is 16.4. The molecule has 2 aliphatic heterocycles. The summed E-state index contributed by atoms with van der Waals surface area (Å²) in [6, 6.07) is 14.0. The highest BCUT2D eigenvalue weighted by Gasteiger charge is 2.45. The molecule has 4 unspecified atom stereocenters. The van der Waals surface area contributed by atoms with Crippen molar-refractivity contribution in [3.63, 3.8) is 0 Å². The number of piperazine rings is 1. The zero-order valence-corrected chi connectivity index (χ0v) is 29.7. The Morgan fingerprint density at radius 3 is 1.98 bits per heavy atom. The second-order valence-corrected chi connectivity index (χ2v) is 15.2. The van der Waals surface area contributed by atoms with Crippen LogP contribution >= 0.6 is 23.2 Å². The zero-order chi connectivity index (χ0) is 34.8. The van der Waals surface area contributed by atoms with E-state index in [2.05, 4.69) is 10.2 Å². The predicted octanol–water partition coefficient (Wildman–Crippen LogP) is 4.63. The van der Waals surface area contributed by atoms with Crippen LogP contribution in [0.2, 0.25) is 10.0 Å². The third kappa shape index (κ3) is 7.36. The Morgan fingerprint density at radius 1 is 0.837 bits per heavy atom. The number of benzene rings is 2. The summed E-state index contributed by atoms with van der Waals surface area (Å²) in [5, 5.41) is 3.54. The number of methoxy groups -OCH3 is 2. The molecule has 6 rings (SSSR count). The van der Waals surface area contributed by atoms with Gasteiger partial charge in [-0.1, -0.05) is 47.5 Å². The summed E-state index contributed by atoms with van der Waals surface area (Å²) in [4.78, 5) is 57.8. The molecule has 4 atom stereocenters. The molecule has 1 amide bonds. The van der Waals surface area contributed by atoms with Gasteiger partial charge in [-0.15, -0.1) is 0 Å². The molecule has 2 aromatic rings. The minimum atomic E-state index is -1.62. The topological polar surface area (TPSA) is 122 Å². The van der Waals surface area contributed by atoms with Gasteiger partial charge in [0.2, 0.25) is 5.91 Å². The summed E-state index contributed by atoms with van der Waals surface area (Å²) < 4.78 is 24.1. The maximum atomic E-state index is 14.0. The lowest BCUT2D eigenvalue weighted by molar-refractivity contribution is -0.137. The fourth-order valence-electron chi connectivity index (χ4n) is 7.87. The molecule has 3 fully saturated rings. The molecule has 0 radical (unpaired) electrons. The van der Waals surface area contributed by atoms with Crippen molar-refractivity contribution >= 4 is 57.6 Å². The third-order valence-electron chi connectivity index (χ3n) is 10.2. The Labute approximate surface area is 298 Å². The number of nitrogens with zero attached hydrogens (tertiary/aromatic N) is 2. The van der Waals surface area contributed by atoms with E-state index in [4.69, 9.17) is 32.7 Å². The summed E-state index contributed by atoms with van der Waals surface area (Å²) in [5.74, 6) is -1.77. The summed E-state index contributed by atoms with van der Waals surface area (Å²) in [5.41, 5.74) is 0.681. The van der Waals surface area contributed by atoms with Gasteiger partial charge < -0.3 is 19.7 Å². The second-order valence-electron chi connectivity index (χ2n) is 12.9. The molecular weight excluding hydrogens is 689 g/mol. The zero-order valence-electron chi connectivity index (χ0n) is 27.4. The lowest BCUT2D eigenvalue weighted by Crippen LogP contribution is -2.52. The SMILES string of the molecule is COC(=O)C1=C(CC(=O)N2CCN(C3CC4CC(=O)CC4C3)CC2)NC(CS(=O)c2ccccc2)=C(C(=O)OC)C1c1c(Cl)cccc1Cl. The number of amides is 1. The summed E-state index contributed by atoms with van der Waals surface area (Å²) in [7, 11) is 0.809. The molecule has 0 spiro atoms. The fraction of sp³-hybridized carbons (Fsp3) is 0.444. The normalized spacial score (nSPS) is 24.8. The smallest absolute Gasteiger partial charge is 0.336 e. The molecule has 2 aromatic carbocycles. The van der Waals surface area contributed by atoms with Crippen LogP contribution in [-0.4, -0.2) is 89.8 Å². The van der Waals surface area contributed by atoms with Crippen molar-refractivity contribution in [2.24, 2.45) is 11.8 Å². The third-order valence-corrected chi connectivity index (χ3v) is 12.2. The van der Waals surface area contributed by atoms with E-state index in [1.165, 1.54) is 14.2 Å². The Bertz CT molecular complexity index is 1700. The highest BCUT2D eigenvalue weighted by molar-refractivity contribution is 7.85. The largest absolute Gasteiger partial charge is 0.466 e. The summed E-state index contributed by atoms with van der Waals surface area (Å²) >= 11 is 13.4. The molecule has 10 nitrogen and oxygen atoms in total. The average Bonchev–Trinajstić information content (AvgIpc) is 3.65. The first kappa shape index (κ1) is 35.3. The number of ether oxygens (including phenoxy) is 2. The number of nitrogens with one attached hydrogen (secondary N) is 1. The van der Waals surface area contributed by atoms with E-state index in [1.54, 1.807) is 47.4 Å². The molecular formula is C36H39Cl2N3O7S. The predicted molar refractivity (Wildman–Crippen MR) is 185 cm³/mol. The maximum Gasteiger partial charge on any atom is 0.336 e. The van der Waals surface area contributed by atoms with E-state index in [-0.39, 0.29) is 56.2 Å². The second kappa shape index (κ2) is 15.2. The highest BCUT2D eigenvalue weighted by atomic mass is 35.5. The Hall–Kier alpha value is -3.51. The average molecular weight is 729 g/mol. The molecule has 2 heterocycles. The van der Waals surface area contributed by atoms with Gasteiger partial charge in [-0.25, -0.2) is 9.59 Å². The number of Topliss-reactive ketones (excluding diaryl/α,β-unsaturated/α-hetero) is 1. The first-order valence-corrected chi connectivity index (χ1v) is 18.5. The van der Waals surface area contributed by atoms with Gasteiger partial charge in [0.05, 0.1) is 54.3 Å². The Kier molecular flexibility index (Phi) is 10.9. The van der Waals surface area contributed by atoms with Crippen molar-refractivity contribution in [2.45, 2.75) is 49.0 Å². The van der Waals surface area contributed by atoms with E-state index in [1.807, 2.05) is 6.07 Å². The number of hydrogen-bond acceptors (Lipinski definition) is 9. The van der Waals surface area contributed by atoms with Gasteiger partial charge in [-0.2, -0.15) is 0 Å². The number of hydrogen-bond donors (Lipinski definition) is 1. The molecule has 13 heteroatoms. The van der Waals surface area contributed by atoms with Crippen molar-refractivity contribution in [1.29, 1.82) is 0 Å². The molecule has 260 valence electrons. The van der Waals surface area contributed by atoms with Crippen molar-refractivity contribution in [2.75, 3.05) is 46.2 Å². The minimum Gasteiger partial charge on any atom is -0.466 e. The molecule has 0 aromatic heterocycles. The van der Waals surface area contributed by atoms with Crippen LogP contribution < -0.4 is 5.32 Å². The number of ketones is 1. The number of dihydropyridines is 1.